The second kappa shape index (κ2) is 9.00. The highest BCUT2D eigenvalue weighted by molar-refractivity contribution is 6.05. The van der Waals surface area contributed by atoms with Crippen molar-refractivity contribution in [1.82, 2.24) is 0 Å². The first-order valence-corrected chi connectivity index (χ1v) is 12.1. The lowest BCUT2D eigenvalue weighted by molar-refractivity contribution is -0.116. The number of ether oxygens (including phenoxy) is 2. The van der Waals surface area contributed by atoms with Crippen molar-refractivity contribution in [3.05, 3.63) is 113 Å². The summed E-state index contributed by atoms with van der Waals surface area (Å²) < 4.78 is 11.3. The number of carbonyl (C=O) groups is 2. The highest BCUT2D eigenvalue weighted by Crippen LogP contribution is 2.48. The van der Waals surface area contributed by atoms with Gasteiger partial charge in [0.15, 0.2) is 17.3 Å². The molecule has 0 bridgehead atoms. The Morgan fingerprint density at radius 3 is 2.53 bits per heavy atom. The summed E-state index contributed by atoms with van der Waals surface area (Å²) in [6.45, 7) is 0. The van der Waals surface area contributed by atoms with Gasteiger partial charge in [-0.05, 0) is 53.6 Å². The zero-order chi connectivity index (χ0) is 24.6. The molecule has 4 aromatic rings. The molecule has 0 amide bonds. The van der Waals surface area contributed by atoms with Crippen molar-refractivity contribution >= 4 is 28.2 Å². The predicted molar refractivity (Wildman–Crippen MR) is 140 cm³/mol. The van der Waals surface area contributed by atoms with Gasteiger partial charge in [-0.3, -0.25) is 4.79 Å². The Balaban J connectivity index is 1.46. The number of ketones is 1. The van der Waals surface area contributed by atoms with E-state index in [0.29, 0.717) is 23.5 Å². The molecule has 6 rings (SSSR count). The zero-order valence-electron chi connectivity index (χ0n) is 19.9. The van der Waals surface area contributed by atoms with Gasteiger partial charge in [-0.25, -0.2) is 4.79 Å². The lowest BCUT2D eigenvalue weighted by Crippen LogP contribution is -2.27. The summed E-state index contributed by atoms with van der Waals surface area (Å²) in [5, 5.41) is 5.89. The van der Waals surface area contributed by atoms with E-state index < -0.39 is 5.97 Å². The molecule has 178 valence electrons. The summed E-state index contributed by atoms with van der Waals surface area (Å²) in [4.78, 5) is 25.9. The Kier molecular flexibility index (Phi) is 5.53. The average Bonchev–Trinajstić information content (AvgIpc) is 2.92. The average molecular weight is 476 g/mol. The Hall–Kier alpha value is -4.38. The number of Topliss-reactive ketones (excluding diaryl/α,β-unsaturated/α-hetero) is 1. The number of hydrogen-bond donors (Lipinski definition) is 1. The van der Waals surface area contributed by atoms with Gasteiger partial charge in [-0.2, -0.15) is 0 Å². The third-order valence-electron chi connectivity index (χ3n) is 7.03. The van der Waals surface area contributed by atoms with Crippen molar-refractivity contribution < 1.29 is 19.1 Å². The monoisotopic (exact) mass is 475 g/mol. The van der Waals surface area contributed by atoms with Gasteiger partial charge in [0, 0.05) is 29.0 Å². The number of nitrogens with one attached hydrogen (secondary N) is 1. The number of allylic oxidation sites excluding steroid dienone is 2. The highest BCUT2D eigenvalue weighted by Gasteiger charge is 2.36. The number of carbonyl (C=O) groups excluding carboxylic acids is 2. The van der Waals surface area contributed by atoms with Crippen molar-refractivity contribution in [2.24, 2.45) is 0 Å². The maximum absolute atomic E-state index is 13.2. The van der Waals surface area contributed by atoms with Crippen LogP contribution < -0.4 is 14.8 Å². The maximum atomic E-state index is 13.2. The summed E-state index contributed by atoms with van der Waals surface area (Å²) in [6.07, 6.45) is 2.23. The lowest BCUT2D eigenvalue weighted by Gasteiger charge is -2.35. The van der Waals surface area contributed by atoms with Crippen molar-refractivity contribution in [2.45, 2.75) is 25.2 Å². The van der Waals surface area contributed by atoms with Crippen molar-refractivity contribution in [2.75, 3.05) is 12.4 Å². The molecular formula is C31H25NO4. The molecular weight excluding hydrogens is 450 g/mol. The van der Waals surface area contributed by atoms with Crippen molar-refractivity contribution in [1.29, 1.82) is 0 Å². The minimum absolute atomic E-state index is 0.172. The number of methoxy groups -OCH3 is 1. The number of benzene rings is 4. The molecule has 1 N–H and O–H groups in total. The van der Waals surface area contributed by atoms with Gasteiger partial charge in [-0.15, -0.1) is 0 Å². The molecule has 5 heteroatoms. The fourth-order valence-electron chi connectivity index (χ4n) is 5.33. The van der Waals surface area contributed by atoms with Crippen LogP contribution in [-0.4, -0.2) is 18.9 Å². The second-order valence-electron chi connectivity index (χ2n) is 9.14. The molecule has 0 saturated carbocycles. The van der Waals surface area contributed by atoms with Crippen LogP contribution in [0.3, 0.4) is 0 Å². The van der Waals surface area contributed by atoms with Crippen molar-refractivity contribution in [3.63, 3.8) is 0 Å². The minimum Gasteiger partial charge on any atom is -0.493 e. The predicted octanol–water partition coefficient (Wildman–Crippen LogP) is 6.63. The van der Waals surface area contributed by atoms with Gasteiger partial charge < -0.3 is 14.8 Å². The number of rotatable bonds is 4. The lowest BCUT2D eigenvalue weighted by atomic mass is 9.75. The Morgan fingerprint density at radius 1 is 0.889 bits per heavy atom. The standard InChI is InChI=1S/C31H25NO4/c1-35-27-18-21(15-17-26(27)36-31(34)20-9-3-2-4-10-20)28-23-16-14-19-8-5-6-11-22(19)30(23)32-24-12-7-13-25(33)29(24)28/h2-6,8-11,14-18,28,32H,7,12-13H2,1H3. The van der Waals surface area contributed by atoms with Gasteiger partial charge in [0.1, 0.15) is 0 Å². The van der Waals surface area contributed by atoms with Gasteiger partial charge >= 0.3 is 5.97 Å². The fraction of sp³-hybridized carbons (Fsp3) is 0.161. The van der Waals surface area contributed by atoms with Crippen LogP contribution >= 0.6 is 0 Å². The van der Waals surface area contributed by atoms with Crippen LogP contribution in [0.25, 0.3) is 10.8 Å². The molecule has 1 heterocycles. The molecule has 0 radical (unpaired) electrons. The van der Waals surface area contributed by atoms with E-state index in [1.165, 1.54) is 0 Å². The largest absolute Gasteiger partial charge is 0.493 e. The molecule has 36 heavy (non-hydrogen) atoms. The molecule has 0 fully saturated rings. The molecule has 0 spiro atoms. The van der Waals surface area contributed by atoms with E-state index in [4.69, 9.17) is 9.47 Å². The number of hydrogen-bond acceptors (Lipinski definition) is 5. The van der Waals surface area contributed by atoms with Crippen LogP contribution in [0.15, 0.2) is 96.2 Å². The van der Waals surface area contributed by atoms with E-state index in [9.17, 15) is 9.59 Å². The molecule has 0 aromatic heterocycles. The van der Waals surface area contributed by atoms with Gasteiger partial charge in [-0.1, -0.05) is 60.7 Å². The van der Waals surface area contributed by atoms with E-state index >= 15 is 0 Å². The maximum Gasteiger partial charge on any atom is 0.343 e. The second-order valence-corrected chi connectivity index (χ2v) is 9.14. The first kappa shape index (κ1) is 22.1. The van der Waals surface area contributed by atoms with Crippen LogP contribution in [0.5, 0.6) is 11.5 Å². The SMILES string of the molecule is COc1cc(C2C3=C(CCCC3=O)Nc3c2ccc2ccccc32)ccc1OC(=O)c1ccccc1. The van der Waals surface area contributed by atoms with Crippen LogP contribution in [0.1, 0.15) is 46.7 Å². The van der Waals surface area contributed by atoms with Crippen molar-refractivity contribution in [3.8, 4) is 11.5 Å². The zero-order valence-corrected chi connectivity index (χ0v) is 19.9. The van der Waals surface area contributed by atoms with Gasteiger partial charge in [0.05, 0.1) is 18.4 Å². The third kappa shape index (κ3) is 3.73. The molecule has 1 atom stereocenters. The summed E-state index contributed by atoms with van der Waals surface area (Å²) in [5.74, 6) is 0.273. The Bertz CT molecular complexity index is 1540. The third-order valence-corrected chi connectivity index (χ3v) is 7.03. The smallest absolute Gasteiger partial charge is 0.343 e. The normalized spacial score (nSPS) is 16.7. The highest BCUT2D eigenvalue weighted by atomic mass is 16.6. The quantitative estimate of drug-likeness (QED) is 0.265. The van der Waals surface area contributed by atoms with E-state index in [1.807, 2.05) is 30.3 Å². The van der Waals surface area contributed by atoms with Crippen LogP contribution in [0.4, 0.5) is 5.69 Å². The molecule has 4 aromatic carbocycles. The summed E-state index contributed by atoms with van der Waals surface area (Å²) in [6, 6.07) is 26.9. The summed E-state index contributed by atoms with van der Waals surface area (Å²) in [5.41, 5.74) is 5.31. The molecule has 2 aliphatic rings. The number of anilines is 1. The van der Waals surface area contributed by atoms with E-state index in [2.05, 4.69) is 29.6 Å². The molecule has 1 aliphatic carbocycles. The summed E-state index contributed by atoms with van der Waals surface area (Å²) in [7, 11) is 1.55. The molecule has 0 saturated heterocycles. The first-order valence-electron chi connectivity index (χ1n) is 12.1. The van der Waals surface area contributed by atoms with Crippen LogP contribution in [0, 0.1) is 0 Å². The Labute approximate surface area is 209 Å². The fourth-order valence-corrected chi connectivity index (χ4v) is 5.33. The summed E-state index contributed by atoms with van der Waals surface area (Å²) >= 11 is 0. The van der Waals surface area contributed by atoms with Gasteiger partial charge in [0.2, 0.25) is 0 Å². The van der Waals surface area contributed by atoms with Crippen LogP contribution in [-0.2, 0) is 4.79 Å². The van der Waals surface area contributed by atoms with E-state index in [-0.39, 0.29) is 11.7 Å². The molecule has 1 unspecified atom stereocenters. The molecule has 1 aliphatic heterocycles. The Morgan fingerprint density at radius 2 is 1.69 bits per heavy atom. The van der Waals surface area contributed by atoms with Gasteiger partial charge in [0.25, 0.3) is 0 Å². The van der Waals surface area contributed by atoms with E-state index in [1.54, 1.807) is 37.4 Å². The number of esters is 1. The minimum atomic E-state index is -0.451. The topological polar surface area (TPSA) is 64.6 Å². The molecule has 5 nitrogen and oxygen atoms in total. The van der Waals surface area contributed by atoms with E-state index in [0.717, 1.165) is 51.7 Å². The number of fused-ring (bicyclic) bond motifs is 3. The first-order chi connectivity index (χ1) is 17.6. The van der Waals surface area contributed by atoms with Crippen LogP contribution in [0.2, 0.25) is 0 Å².